The fourth-order valence-corrected chi connectivity index (χ4v) is 4.37. The van der Waals surface area contributed by atoms with Crippen LogP contribution in [0, 0.1) is 0 Å². The number of carbonyl (C=O) groups excluding carboxylic acids is 2. The van der Waals surface area contributed by atoms with Gasteiger partial charge in [0.2, 0.25) is 5.91 Å². The number of hydrogen-bond acceptors (Lipinski definition) is 6. The van der Waals surface area contributed by atoms with Gasteiger partial charge >= 0.3 is 5.97 Å². The molecule has 0 saturated heterocycles. The smallest absolute Gasteiger partial charge is 0.340 e. The highest BCUT2D eigenvalue weighted by Crippen LogP contribution is 2.18. The average molecular weight is 480 g/mol. The number of carbonyl (C=O) groups is 2. The van der Waals surface area contributed by atoms with Gasteiger partial charge in [-0.05, 0) is 54.5 Å². The van der Waals surface area contributed by atoms with E-state index in [2.05, 4.69) is 5.32 Å². The number of ether oxygens (including phenoxy) is 2. The summed E-state index contributed by atoms with van der Waals surface area (Å²) >= 11 is 0. The summed E-state index contributed by atoms with van der Waals surface area (Å²) in [5, 5.41) is 2.67. The molecule has 34 heavy (non-hydrogen) atoms. The number of hydrogen-bond donors (Lipinski definition) is 1. The van der Waals surface area contributed by atoms with Crippen molar-refractivity contribution in [2.24, 2.45) is 0 Å². The van der Waals surface area contributed by atoms with Gasteiger partial charge in [-0.2, -0.15) is 0 Å². The number of rotatable bonds is 10. The van der Waals surface area contributed by atoms with E-state index in [0.717, 1.165) is 5.56 Å². The number of methoxy groups -OCH3 is 1. The lowest BCUT2D eigenvalue weighted by atomic mass is 10.1. The van der Waals surface area contributed by atoms with E-state index in [9.17, 15) is 18.0 Å². The number of para-hydroxylation sites is 1. The lowest BCUT2D eigenvalue weighted by Crippen LogP contribution is -2.15. The molecule has 0 aromatic heterocycles. The second-order valence-corrected chi connectivity index (χ2v) is 9.37. The predicted octanol–water partition coefficient (Wildman–Crippen LogP) is 4.37. The molecule has 0 bridgehead atoms. The Morgan fingerprint density at radius 3 is 2.29 bits per heavy atom. The first-order chi connectivity index (χ1) is 16.4. The van der Waals surface area contributed by atoms with Gasteiger partial charge in [0.15, 0.2) is 9.84 Å². The number of amides is 1. The molecular formula is C26H25NO6S. The van der Waals surface area contributed by atoms with E-state index in [1.54, 1.807) is 61.7 Å². The van der Waals surface area contributed by atoms with Crippen LogP contribution in [0.2, 0.25) is 0 Å². The molecule has 0 radical (unpaired) electrons. The monoisotopic (exact) mass is 479 g/mol. The van der Waals surface area contributed by atoms with Gasteiger partial charge in [-0.25, -0.2) is 13.2 Å². The number of nitrogens with one attached hydrogen (secondary N) is 1. The molecular weight excluding hydrogens is 454 g/mol. The molecule has 0 atom stereocenters. The van der Waals surface area contributed by atoms with Crippen molar-refractivity contribution in [3.63, 3.8) is 0 Å². The summed E-state index contributed by atoms with van der Waals surface area (Å²) < 4.78 is 35.0. The van der Waals surface area contributed by atoms with Crippen molar-refractivity contribution in [2.75, 3.05) is 24.8 Å². The standard InChI is InChI=1S/C26H25NO6S/c1-32-21-15-12-20(13-16-21)14-17-25(28)27-24-11-6-5-10-23(24)26(29)33-18-7-19-34(30,31)22-8-3-2-4-9-22/h2-6,8-17H,7,18-19H2,1H3,(H,27,28). The highest BCUT2D eigenvalue weighted by Gasteiger charge is 2.16. The molecule has 0 saturated carbocycles. The van der Waals surface area contributed by atoms with E-state index in [4.69, 9.17) is 9.47 Å². The summed E-state index contributed by atoms with van der Waals surface area (Å²) in [4.78, 5) is 25.1. The summed E-state index contributed by atoms with van der Waals surface area (Å²) in [6, 6.07) is 21.8. The van der Waals surface area contributed by atoms with Crippen LogP contribution in [0.25, 0.3) is 6.08 Å². The molecule has 0 aliphatic heterocycles. The number of esters is 1. The highest BCUT2D eigenvalue weighted by atomic mass is 32.2. The minimum atomic E-state index is -3.44. The maximum Gasteiger partial charge on any atom is 0.340 e. The van der Waals surface area contributed by atoms with Crippen LogP contribution < -0.4 is 10.1 Å². The number of anilines is 1. The molecule has 0 aliphatic rings. The maximum atomic E-state index is 12.5. The van der Waals surface area contributed by atoms with E-state index in [0.29, 0.717) is 11.4 Å². The SMILES string of the molecule is COc1ccc(C=CC(=O)Nc2ccccc2C(=O)OCCCS(=O)(=O)c2ccccc2)cc1. The van der Waals surface area contributed by atoms with Crippen LogP contribution in [-0.4, -0.2) is 39.8 Å². The fourth-order valence-electron chi connectivity index (χ4n) is 3.07. The number of sulfone groups is 1. The molecule has 0 aliphatic carbocycles. The van der Waals surface area contributed by atoms with Crippen molar-refractivity contribution in [3.8, 4) is 5.75 Å². The second-order valence-electron chi connectivity index (χ2n) is 7.26. The first kappa shape index (κ1) is 24.7. The molecule has 1 N–H and O–H groups in total. The zero-order valence-electron chi connectivity index (χ0n) is 18.6. The third kappa shape index (κ3) is 7.05. The van der Waals surface area contributed by atoms with Gasteiger partial charge in [-0.15, -0.1) is 0 Å². The van der Waals surface area contributed by atoms with Gasteiger partial charge in [0.1, 0.15) is 5.75 Å². The zero-order valence-corrected chi connectivity index (χ0v) is 19.5. The minimum absolute atomic E-state index is 0.0649. The van der Waals surface area contributed by atoms with Crippen molar-refractivity contribution in [1.82, 2.24) is 0 Å². The molecule has 3 aromatic carbocycles. The Kier molecular flexibility index (Phi) is 8.59. The predicted molar refractivity (Wildman–Crippen MR) is 130 cm³/mol. The van der Waals surface area contributed by atoms with E-state index >= 15 is 0 Å². The average Bonchev–Trinajstić information content (AvgIpc) is 2.86. The summed E-state index contributed by atoms with van der Waals surface area (Å²) in [6.07, 6.45) is 3.16. The lowest BCUT2D eigenvalue weighted by molar-refractivity contribution is -0.111. The van der Waals surface area contributed by atoms with E-state index < -0.39 is 21.7 Å². The first-order valence-corrected chi connectivity index (χ1v) is 12.2. The van der Waals surface area contributed by atoms with Gasteiger partial charge in [-0.3, -0.25) is 4.79 Å². The van der Waals surface area contributed by atoms with Gasteiger partial charge < -0.3 is 14.8 Å². The highest BCUT2D eigenvalue weighted by molar-refractivity contribution is 7.91. The molecule has 0 unspecified atom stereocenters. The molecule has 0 fully saturated rings. The van der Waals surface area contributed by atoms with E-state index in [-0.39, 0.29) is 29.2 Å². The minimum Gasteiger partial charge on any atom is -0.497 e. The normalized spacial score (nSPS) is 11.2. The Bertz CT molecular complexity index is 1250. The van der Waals surface area contributed by atoms with Crippen molar-refractivity contribution in [1.29, 1.82) is 0 Å². The quantitative estimate of drug-likeness (QED) is 0.263. The van der Waals surface area contributed by atoms with Crippen LogP contribution in [0.4, 0.5) is 5.69 Å². The fraction of sp³-hybridized carbons (Fsp3) is 0.154. The van der Waals surface area contributed by atoms with Crippen LogP contribution in [0.3, 0.4) is 0 Å². The molecule has 1 amide bonds. The van der Waals surface area contributed by atoms with Gasteiger partial charge in [0, 0.05) is 6.08 Å². The Hall–Kier alpha value is -3.91. The van der Waals surface area contributed by atoms with Crippen molar-refractivity contribution in [3.05, 3.63) is 96.1 Å². The Balaban J connectivity index is 1.54. The summed E-state index contributed by atoms with van der Waals surface area (Å²) in [7, 11) is -1.87. The molecule has 7 nitrogen and oxygen atoms in total. The third-order valence-corrected chi connectivity index (χ3v) is 6.66. The molecule has 0 spiro atoms. The van der Waals surface area contributed by atoms with Gasteiger partial charge in [0.05, 0.1) is 35.6 Å². The third-order valence-electron chi connectivity index (χ3n) is 4.84. The summed E-state index contributed by atoms with van der Waals surface area (Å²) in [5.41, 5.74) is 1.29. The maximum absolute atomic E-state index is 12.5. The van der Waals surface area contributed by atoms with Crippen LogP contribution in [0.5, 0.6) is 5.75 Å². The first-order valence-electron chi connectivity index (χ1n) is 10.6. The number of benzene rings is 3. The second kappa shape index (κ2) is 11.8. The summed E-state index contributed by atoms with van der Waals surface area (Å²) in [6.45, 7) is -0.0649. The Labute approximate surface area is 199 Å². The summed E-state index contributed by atoms with van der Waals surface area (Å²) in [5.74, 6) is -0.484. The lowest BCUT2D eigenvalue weighted by Gasteiger charge is -2.10. The largest absolute Gasteiger partial charge is 0.497 e. The van der Waals surface area contributed by atoms with Crippen molar-refractivity contribution >= 4 is 33.5 Å². The van der Waals surface area contributed by atoms with Crippen LogP contribution in [0.15, 0.2) is 89.8 Å². The molecule has 0 heterocycles. The van der Waals surface area contributed by atoms with Crippen LogP contribution >= 0.6 is 0 Å². The van der Waals surface area contributed by atoms with Gasteiger partial charge in [-0.1, -0.05) is 42.5 Å². The zero-order chi connectivity index (χ0) is 24.4. The van der Waals surface area contributed by atoms with E-state index in [1.807, 2.05) is 12.1 Å². The van der Waals surface area contributed by atoms with Crippen LogP contribution in [0.1, 0.15) is 22.3 Å². The molecule has 3 rings (SSSR count). The van der Waals surface area contributed by atoms with Gasteiger partial charge in [0.25, 0.3) is 0 Å². The molecule has 176 valence electrons. The van der Waals surface area contributed by atoms with Crippen molar-refractivity contribution < 1.29 is 27.5 Å². The topological polar surface area (TPSA) is 98.8 Å². The molecule has 3 aromatic rings. The Morgan fingerprint density at radius 2 is 1.59 bits per heavy atom. The Morgan fingerprint density at radius 1 is 0.912 bits per heavy atom. The van der Waals surface area contributed by atoms with E-state index in [1.165, 1.54) is 24.3 Å². The van der Waals surface area contributed by atoms with Crippen molar-refractivity contribution in [2.45, 2.75) is 11.3 Å². The van der Waals surface area contributed by atoms with Crippen LogP contribution in [-0.2, 0) is 19.4 Å². The molecule has 8 heteroatoms.